The highest BCUT2D eigenvalue weighted by Crippen LogP contribution is 2.36. The fourth-order valence-corrected chi connectivity index (χ4v) is 3.52. The molecule has 0 amide bonds. The molecule has 0 saturated heterocycles. The standard InChI is InChI=1S/C18H12ClF6N3S/c1-10-4-5-11(7-14(10)29-9-17(20,21)22)13-8-15(18(23,24)25)27-28(13)16-12(19)3-2-6-26-16/h2-8H,9H2,1H3. The van der Waals surface area contributed by atoms with Gasteiger partial charge in [0, 0.05) is 16.7 Å². The minimum absolute atomic E-state index is 0.00628. The minimum Gasteiger partial charge on any atom is -0.236 e. The van der Waals surface area contributed by atoms with Crippen LogP contribution in [0.5, 0.6) is 0 Å². The van der Waals surface area contributed by atoms with Crippen molar-refractivity contribution in [3.05, 3.63) is 58.9 Å². The summed E-state index contributed by atoms with van der Waals surface area (Å²) in [6, 6.07) is 8.22. The van der Waals surface area contributed by atoms with Crippen molar-refractivity contribution in [1.29, 1.82) is 0 Å². The Kier molecular flexibility index (Phi) is 5.86. The van der Waals surface area contributed by atoms with Gasteiger partial charge in [0.25, 0.3) is 0 Å². The number of hydrogen-bond acceptors (Lipinski definition) is 3. The molecular weight excluding hydrogens is 440 g/mol. The molecule has 3 nitrogen and oxygen atoms in total. The van der Waals surface area contributed by atoms with Crippen molar-refractivity contribution in [3.63, 3.8) is 0 Å². The second kappa shape index (κ2) is 7.91. The van der Waals surface area contributed by atoms with Crippen LogP contribution in [0.25, 0.3) is 17.1 Å². The predicted octanol–water partition coefficient (Wildman–Crippen LogP) is 6.57. The molecule has 0 aliphatic rings. The van der Waals surface area contributed by atoms with Crippen molar-refractivity contribution in [1.82, 2.24) is 14.8 Å². The summed E-state index contributed by atoms with van der Waals surface area (Å²) in [4.78, 5) is 4.29. The molecule has 2 aromatic heterocycles. The van der Waals surface area contributed by atoms with Crippen LogP contribution in [-0.4, -0.2) is 26.7 Å². The molecule has 11 heteroatoms. The molecule has 0 saturated carbocycles. The molecule has 29 heavy (non-hydrogen) atoms. The van der Waals surface area contributed by atoms with Crippen molar-refractivity contribution in [2.75, 3.05) is 5.75 Å². The summed E-state index contributed by atoms with van der Waals surface area (Å²) in [7, 11) is 0. The van der Waals surface area contributed by atoms with Crippen molar-refractivity contribution in [2.24, 2.45) is 0 Å². The Morgan fingerprint density at radius 3 is 2.41 bits per heavy atom. The van der Waals surface area contributed by atoms with Crippen LogP contribution in [0.1, 0.15) is 11.3 Å². The van der Waals surface area contributed by atoms with E-state index in [-0.39, 0.29) is 22.1 Å². The highest BCUT2D eigenvalue weighted by Gasteiger charge is 2.36. The summed E-state index contributed by atoms with van der Waals surface area (Å²) < 4.78 is 78.4. The lowest BCUT2D eigenvalue weighted by atomic mass is 10.1. The lowest BCUT2D eigenvalue weighted by molar-refractivity contribution is -0.141. The first-order valence-corrected chi connectivity index (χ1v) is 9.41. The van der Waals surface area contributed by atoms with Crippen molar-refractivity contribution in [3.8, 4) is 17.1 Å². The lowest BCUT2D eigenvalue weighted by Gasteiger charge is -2.12. The molecule has 1 aromatic carbocycles. The molecule has 2 heterocycles. The number of rotatable bonds is 4. The molecule has 0 bridgehead atoms. The van der Waals surface area contributed by atoms with Crippen LogP contribution < -0.4 is 0 Å². The van der Waals surface area contributed by atoms with Crippen LogP contribution in [0.2, 0.25) is 5.02 Å². The van der Waals surface area contributed by atoms with E-state index in [1.165, 1.54) is 30.5 Å². The van der Waals surface area contributed by atoms with E-state index in [1.54, 1.807) is 13.0 Å². The third-order valence-corrected chi connectivity index (χ3v) is 5.33. The van der Waals surface area contributed by atoms with E-state index in [9.17, 15) is 26.3 Å². The molecule has 0 atom stereocenters. The summed E-state index contributed by atoms with van der Waals surface area (Å²) >= 11 is 6.63. The lowest BCUT2D eigenvalue weighted by Crippen LogP contribution is -2.10. The van der Waals surface area contributed by atoms with Gasteiger partial charge in [-0.05, 0) is 36.8 Å². The maximum atomic E-state index is 13.3. The Bertz CT molecular complexity index is 1030. The van der Waals surface area contributed by atoms with Crippen LogP contribution >= 0.6 is 23.4 Å². The zero-order valence-electron chi connectivity index (χ0n) is 14.6. The van der Waals surface area contributed by atoms with Gasteiger partial charge in [0.15, 0.2) is 11.5 Å². The normalized spacial score (nSPS) is 12.4. The SMILES string of the molecule is Cc1ccc(-c2cc(C(F)(F)F)nn2-c2ncccc2Cl)cc1SCC(F)(F)F. The summed E-state index contributed by atoms with van der Waals surface area (Å²) in [6.45, 7) is 1.62. The van der Waals surface area contributed by atoms with Crippen molar-refractivity contribution < 1.29 is 26.3 Å². The zero-order valence-corrected chi connectivity index (χ0v) is 16.2. The summed E-state index contributed by atoms with van der Waals surface area (Å²) in [6.07, 6.45) is -7.75. The van der Waals surface area contributed by atoms with E-state index in [2.05, 4.69) is 10.1 Å². The topological polar surface area (TPSA) is 30.7 Å². The molecule has 154 valence electrons. The molecule has 0 aliphatic carbocycles. The second-order valence-electron chi connectivity index (χ2n) is 6.02. The van der Waals surface area contributed by atoms with Gasteiger partial charge in [-0.3, -0.25) is 0 Å². The van der Waals surface area contributed by atoms with E-state index in [4.69, 9.17) is 11.6 Å². The Morgan fingerprint density at radius 2 is 1.79 bits per heavy atom. The molecule has 0 unspecified atom stereocenters. The quantitative estimate of drug-likeness (QED) is 0.332. The van der Waals surface area contributed by atoms with Gasteiger partial charge in [0.1, 0.15) is 0 Å². The van der Waals surface area contributed by atoms with Crippen LogP contribution in [-0.2, 0) is 6.18 Å². The molecular formula is C18H12ClF6N3S. The molecule has 3 aromatic rings. The number of hydrogen-bond donors (Lipinski definition) is 0. The van der Waals surface area contributed by atoms with Gasteiger partial charge >= 0.3 is 12.4 Å². The van der Waals surface area contributed by atoms with Gasteiger partial charge in [-0.15, -0.1) is 11.8 Å². The molecule has 0 aliphatic heterocycles. The smallest absolute Gasteiger partial charge is 0.236 e. The average molecular weight is 452 g/mol. The molecule has 0 N–H and O–H groups in total. The summed E-state index contributed by atoms with van der Waals surface area (Å²) in [5.74, 6) is -1.14. The third-order valence-electron chi connectivity index (χ3n) is 3.81. The number of benzene rings is 1. The average Bonchev–Trinajstić information content (AvgIpc) is 3.06. The monoisotopic (exact) mass is 451 g/mol. The molecule has 0 radical (unpaired) electrons. The van der Waals surface area contributed by atoms with Gasteiger partial charge in [-0.2, -0.15) is 31.4 Å². The fourth-order valence-electron chi connectivity index (χ4n) is 2.49. The van der Waals surface area contributed by atoms with E-state index >= 15 is 0 Å². The fraction of sp³-hybridized carbons (Fsp3) is 0.222. The Morgan fingerprint density at radius 1 is 1.07 bits per heavy atom. The number of pyridine rings is 1. The van der Waals surface area contributed by atoms with Crippen LogP contribution in [0, 0.1) is 6.92 Å². The number of halogens is 7. The maximum absolute atomic E-state index is 13.3. The number of nitrogens with zero attached hydrogens (tertiary/aromatic N) is 3. The second-order valence-corrected chi connectivity index (χ2v) is 7.44. The van der Waals surface area contributed by atoms with Gasteiger partial charge in [0.2, 0.25) is 0 Å². The minimum atomic E-state index is -4.72. The van der Waals surface area contributed by atoms with E-state index in [0.29, 0.717) is 22.2 Å². The predicted molar refractivity (Wildman–Crippen MR) is 98.3 cm³/mol. The zero-order chi connectivity index (χ0) is 21.4. The van der Waals surface area contributed by atoms with Crippen LogP contribution in [0.3, 0.4) is 0 Å². The Balaban J connectivity index is 2.13. The number of thioether (sulfide) groups is 1. The summed E-state index contributed by atoms with van der Waals surface area (Å²) in [5.41, 5.74) is -0.336. The number of aromatic nitrogens is 3. The van der Waals surface area contributed by atoms with Gasteiger partial charge in [0.05, 0.1) is 16.5 Å². The third kappa shape index (κ3) is 5.05. The highest BCUT2D eigenvalue weighted by molar-refractivity contribution is 7.99. The largest absolute Gasteiger partial charge is 0.435 e. The van der Waals surface area contributed by atoms with Crippen LogP contribution in [0.4, 0.5) is 26.3 Å². The molecule has 0 fully saturated rings. The van der Waals surface area contributed by atoms with Gasteiger partial charge < -0.3 is 0 Å². The number of alkyl halides is 6. The first-order valence-electron chi connectivity index (χ1n) is 8.04. The Labute approximate surface area is 170 Å². The first kappa shape index (κ1) is 21.5. The Hall–Kier alpha value is -2.20. The molecule has 3 rings (SSSR count). The van der Waals surface area contributed by atoms with E-state index < -0.39 is 23.8 Å². The highest BCUT2D eigenvalue weighted by atomic mass is 35.5. The number of aryl methyl sites for hydroxylation is 1. The van der Waals surface area contributed by atoms with Gasteiger partial charge in [-0.1, -0.05) is 23.7 Å². The van der Waals surface area contributed by atoms with Gasteiger partial charge in [-0.25, -0.2) is 9.67 Å². The summed E-state index contributed by atoms with van der Waals surface area (Å²) in [5, 5.41) is 3.66. The van der Waals surface area contributed by atoms with Crippen molar-refractivity contribution >= 4 is 23.4 Å². The first-order chi connectivity index (χ1) is 13.5. The molecule has 0 spiro atoms. The van der Waals surface area contributed by atoms with Crippen molar-refractivity contribution in [2.45, 2.75) is 24.2 Å². The van der Waals surface area contributed by atoms with E-state index in [1.807, 2.05) is 0 Å². The maximum Gasteiger partial charge on any atom is 0.435 e. The van der Waals surface area contributed by atoms with Crippen LogP contribution in [0.15, 0.2) is 47.5 Å². The van der Waals surface area contributed by atoms with E-state index in [0.717, 1.165) is 10.7 Å².